The lowest BCUT2D eigenvalue weighted by atomic mass is 9.86. The molecule has 0 N–H and O–H groups in total. The maximum atomic E-state index is 5.87. The van der Waals surface area contributed by atoms with Gasteiger partial charge in [-0.1, -0.05) is 47.5 Å². The van der Waals surface area contributed by atoms with Gasteiger partial charge >= 0.3 is 0 Å². The Balaban J connectivity index is 2.58. The maximum absolute atomic E-state index is 5.87. The number of hydrogen-bond donors (Lipinski definition) is 0. The molecule has 90 valence electrons. The lowest BCUT2D eigenvalue weighted by Crippen LogP contribution is -2.28. The van der Waals surface area contributed by atoms with E-state index < -0.39 is 0 Å². The second-order valence-electron chi connectivity index (χ2n) is 4.44. The molecule has 0 spiro atoms. The molecule has 16 heavy (non-hydrogen) atoms. The number of aryl methyl sites for hydroxylation is 1. The van der Waals surface area contributed by atoms with Crippen LogP contribution in [0.25, 0.3) is 0 Å². The summed E-state index contributed by atoms with van der Waals surface area (Å²) in [6, 6.07) is 8.26. The maximum Gasteiger partial charge on any atom is 0.119 e. The predicted molar refractivity (Wildman–Crippen MR) is 73.5 cm³/mol. The third kappa shape index (κ3) is 3.51. The largest absolute Gasteiger partial charge is 0.493 e. The molecule has 1 rings (SSSR count). The predicted octanol–water partition coefficient (Wildman–Crippen LogP) is 4.58. The van der Waals surface area contributed by atoms with E-state index in [1.54, 1.807) is 0 Å². The van der Waals surface area contributed by atoms with E-state index in [-0.39, 0.29) is 5.41 Å². The van der Waals surface area contributed by atoms with E-state index in [1.165, 1.54) is 5.56 Å². The third-order valence-corrected chi connectivity index (χ3v) is 4.54. The fourth-order valence-electron chi connectivity index (χ4n) is 1.55. The van der Waals surface area contributed by atoms with Crippen molar-refractivity contribution in [2.75, 3.05) is 11.9 Å². The molecule has 0 fully saturated rings. The molecule has 0 radical (unpaired) electrons. The number of ether oxygens (including phenoxy) is 1. The van der Waals surface area contributed by atoms with E-state index in [2.05, 4.69) is 48.8 Å². The first-order valence-corrected chi connectivity index (χ1v) is 7.03. The molecule has 2 heteroatoms. The Kier molecular flexibility index (Phi) is 5.33. The summed E-state index contributed by atoms with van der Waals surface area (Å²) in [6.45, 7) is 7.32. The Morgan fingerprint density at radius 3 is 2.12 bits per heavy atom. The van der Waals surface area contributed by atoms with Crippen molar-refractivity contribution in [3.05, 3.63) is 29.8 Å². The molecule has 0 aliphatic rings. The topological polar surface area (TPSA) is 9.23 Å². The molecule has 1 nitrogen and oxygen atoms in total. The molecule has 1 aromatic rings. The van der Waals surface area contributed by atoms with Crippen molar-refractivity contribution < 1.29 is 4.74 Å². The van der Waals surface area contributed by atoms with Gasteiger partial charge in [0.2, 0.25) is 0 Å². The van der Waals surface area contributed by atoms with Gasteiger partial charge in [0.25, 0.3) is 0 Å². The third-order valence-electron chi connectivity index (χ3n) is 3.35. The van der Waals surface area contributed by atoms with Crippen molar-refractivity contribution in [2.45, 2.75) is 33.6 Å². The Morgan fingerprint density at radius 1 is 1.12 bits per heavy atom. The van der Waals surface area contributed by atoms with Gasteiger partial charge in [-0.25, -0.2) is 0 Å². The average molecular weight is 285 g/mol. The molecule has 0 aliphatic carbocycles. The summed E-state index contributed by atoms with van der Waals surface area (Å²) in [5.74, 6) is 0.970. The Bertz CT molecular complexity index is 293. The molecule has 0 saturated carbocycles. The van der Waals surface area contributed by atoms with Crippen LogP contribution < -0.4 is 4.74 Å². The highest BCUT2D eigenvalue weighted by Gasteiger charge is 2.25. The summed E-state index contributed by atoms with van der Waals surface area (Å²) in [5, 5.41) is 0.999. The SMILES string of the molecule is CCC(CC)(CBr)COc1ccc(C)cc1. The number of rotatable bonds is 6. The van der Waals surface area contributed by atoms with Crippen molar-refractivity contribution in [3.8, 4) is 5.75 Å². The van der Waals surface area contributed by atoms with Crippen LogP contribution >= 0.6 is 15.9 Å². The van der Waals surface area contributed by atoms with Gasteiger partial charge in [0.1, 0.15) is 5.75 Å². The van der Waals surface area contributed by atoms with Gasteiger partial charge in [-0.2, -0.15) is 0 Å². The zero-order chi connectivity index (χ0) is 12.0. The number of halogens is 1. The molecule has 1 aromatic carbocycles. The summed E-state index contributed by atoms with van der Waals surface area (Å²) < 4.78 is 5.87. The average Bonchev–Trinajstić information content (AvgIpc) is 2.34. The zero-order valence-corrected chi connectivity index (χ0v) is 12.0. The van der Waals surface area contributed by atoms with Crippen LogP contribution in [0.1, 0.15) is 32.3 Å². The van der Waals surface area contributed by atoms with Gasteiger partial charge in [0.05, 0.1) is 6.61 Å². The van der Waals surface area contributed by atoms with Gasteiger partial charge in [-0.15, -0.1) is 0 Å². The van der Waals surface area contributed by atoms with Gasteiger partial charge in [-0.05, 0) is 31.9 Å². The van der Waals surface area contributed by atoms with E-state index >= 15 is 0 Å². The molecule has 0 aliphatic heterocycles. The smallest absolute Gasteiger partial charge is 0.119 e. The lowest BCUT2D eigenvalue weighted by Gasteiger charge is -2.29. The summed E-state index contributed by atoms with van der Waals surface area (Å²) >= 11 is 3.60. The highest BCUT2D eigenvalue weighted by Crippen LogP contribution is 2.29. The van der Waals surface area contributed by atoms with Crippen molar-refractivity contribution in [1.82, 2.24) is 0 Å². The van der Waals surface area contributed by atoms with E-state index in [9.17, 15) is 0 Å². The van der Waals surface area contributed by atoms with Crippen LogP contribution in [-0.2, 0) is 0 Å². The van der Waals surface area contributed by atoms with Crippen LogP contribution in [0.5, 0.6) is 5.75 Å². The van der Waals surface area contributed by atoms with Gasteiger partial charge in [-0.3, -0.25) is 0 Å². The highest BCUT2D eigenvalue weighted by molar-refractivity contribution is 9.09. The van der Waals surface area contributed by atoms with Gasteiger partial charge in [0, 0.05) is 10.7 Å². The van der Waals surface area contributed by atoms with Crippen molar-refractivity contribution in [1.29, 1.82) is 0 Å². The molecule has 0 saturated heterocycles. The lowest BCUT2D eigenvalue weighted by molar-refractivity contribution is 0.158. The molecule has 0 aromatic heterocycles. The number of alkyl halides is 1. The number of hydrogen-bond acceptors (Lipinski definition) is 1. The number of benzene rings is 1. The van der Waals surface area contributed by atoms with Crippen LogP contribution in [0.4, 0.5) is 0 Å². The van der Waals surface area contributed by atoms with Gasteiger partial charge < -0.3 is 4.74 Å². The van der Waals surface area contributed by atoms with Crippen molar-refractivity contribution >= 4 is 15.9 Å². The molecule has 0 amide bonds. The normalized spacial score (nSPS) is 11.5. The first kappa shape index (κ1) is 13.6. The summed E-state index contributed by atoms with van der Waals surface area (Å²) in [4.78, 5) is 0. The first-order valence-electron chi connectivity index (χ1n) is 5.91. The molecule has 0 unspecified atom stereocenters. The quantitative estimate of drug-likeness (QED) is 0.695. The van der Waals surface area contributed by atoms with Gasteiger partial charge in [0.15, 0.2) is 0 Å². The summed E-state index contributed by atoms with van der Waals surface area (Å²) in [6.07, 6.45) is 2.28. The molecular weight excluding hydrogens is 264 g/mol. The fourth-order valence-corrected chi connectivity index (χ4v) is 2.51. The standard InChI is InChI=1S/C14H21BrO/c1-4-14(5-2,10-15)11-16-13-8-6-12(3)7-9-13/h6-9H,4-5,10-11H2,1-3H3. The van der Waals surface area contributed by atoms with Crippen LogP contribution in [0.2, 0.25) is 0 Å². The second kappa shape index (κ2) is 6.29. The Labute approximate surface area is 107 Å². The molecular formula is C14H21BrO. The Morgan fingerprint density at radius 2 is 1.69 bits per heavy atom. The monoisotopic (exact) mass is 284 g/mol. The highest BCUT2D eigenvalue weighted by atomic mass is 79.9. The van der Waals surface area contributed by atoms with Crippen LogP contribution in [0, 0.1) is 12.3 Å². The summed E-state index contributed by atoms with van der Waals surface area (Å²) in [5.41, 5.74) is 1.54. The summed E-state index contributed by atoms with van der Waals surface area (Å²) in [7, 11) is 0. The van der Waals surface area contributed by atoms with E-state index in [0.717, 1.165) is 30.5 Å². The molecule has 0 bridgehead atoms. The van der Waals surface area contributed by atoms with Crippen LogP contribution in [0.15, 0.2) is 24.3 Å². The minimum absolute atomic E-state index is 0.269. The van der Waals surface area contributed by atoms with Crippen LogP contribution in [-0.4, -0.2) is 11.9 Å². The Hall–Kier alpha value is -0.500. The molecule has 0 atom stereocenters. The minimum atomic E-state index is 0.269. The zero-order valence-electron chi connectivity index (χ0n) is 10.4. The second-order valence-corrected chi connectivity index (χ2v) is 5.00. The minimum Gasteiger partial charge on any atom is -0.493 e. The molecule has 0 heterocycles. The van der Waals surface area contributed by atoms with E-state index in [4.69, 9.17) is 4.74 Å². The van der Waals surface area contributed by atoms with E-state index in [1.807, 2.05) is 12.1 Å². The van der Waals surface area contributed by atoms with Crippen molar-refractivity contribution in [3.63, 3.8) is 0 Å². The van der Waals surface area contributed by atoms with E-state index in [0.29, 0.717) is 0 Å². The first-order chi connectivity index (χ1) is 7.65. The van der Waals surface area contributed by atoms with Crippen LogP contribution in [0.3, 0.4) is 0 Å². The van der Waals surface area contributed by atoms with Crippen molar-refractivity contribution in [2.24, 2.45) is 5.41 Å². The fraction of sp³-hybridized carbons (Fsp3) is 0.571.